The summed E-state index contributed by atoms with van der Waals surface area (Å²) in [6.45, 7) is -0.401. The van der Waals surface area contributed by atoms with Gasteiger partial charge < -0.3 is 15.8 Å². The van der Waals surface area contributed by atoms with E-state index in [2.05, 4.69) is 5.32 Å². The lowest BCUT2D eigenvalue weighted by molar-refractivity contribution is -0.119. The summed E-state index contributed by atoms with van der Waals surface area (Å²) in [5, 5.41) is 2.56. The molecule has 0 aliphatic rings. The number of esters is 1. The molecule has 0 aliphatic heterocycles. The molecule has 0 aromatic heterocycles. The van der Waals surface area contributed by atoms with E-state index in [1.165, 1.54) is 12.1 Å². The highest BCUT2D eigenvalue weighted by molar-refractivity contribution is 14.1. The Morgan fingerprint density at radius 2 is 1.70 bits per heavy atom. The number of halogens is 1. The van der Waals surface area contributed by atoms with Crippen molar-refractivity contribution in [2.45, 2.75) is 0 Å². The van der Waals surface area contributed by atoms with Crippen molar-refractivity contribution >= 4 is 46.1 Å². The minimum Gasteiger partial charge on any atom is -0.452 e. The van der Waals surface area contributed by atoms with Gasteiger partial charge in [0.2, 0.25) is 5.91 Å². The molecule has 2 amide bonds. The van der Waals surface area contributed by atoms with Crippen LogP contribution in [0.15, 0.2) is 48.5 Å². The summed E-state index contributed by atoms with van der Waals surface area (Å²) >= 11 is 2.02. The van der Waals surface area contributed by atoms with Crippen molar-refractivity contribution in [3.63, 3.8) is 0 Å². The van der Waals surface area contributed by atoms with Crippen molar-refractivity contribution in [1.82, 2.24) is 0 Å². The number of amides is 2. The minimum atomic E-state index is -0.561. The topological polar surface area (TPSA) is 98.5 Å². The van der Waals surface area contributed by atoms with Crippen molar-refractivity contribution in [1.29, 1.82) is 0 Å². The van der Waals surface area contributed by atoms with Gasteiger partial charge in [-0.15, -0.1) is 0 Å². The molecular formula is C16H13IN2O4. The first-order chi connectivity index (χ1) is 11.0. The number of ether oxygens (including phenoxy) is 1. The zero-order chi connectivity index (χ0) is 16.8. The fraction of sp³-hybridized carbons (Fsp3) is 0.0625. The van der Waals surface area contributed by atoms with Crippen LogP contribution in [0.3, 0.4) is 0 Å². The number of nitrogens with two attached hydrogens (primary N) is 1. The Morgan fingerprint density at radius 1 is 1.04 bits per heavy atom. The third-order valence-corrected chi connectivity index (χ3v) is 3.82. The Hall–Kier alpha value is -2.42. The van der Waals surface area contributed by atoms with Crippen molar-refractivity contribution < 1.29 is 19.1 Å². The Balaban J connectivity index is 1.89. The van der Waals surface area contributed by atoms with E-state index in [4.69, 9.17) is 10.5 Å². The lowest BCUT2D eigenvalue weighted by Crippen LogP contribution is -2.21. The van der Waals surface area contributed by atoms with Crippen LogP contribution < -0.4 is 11.1 Å². The minimum absolute atomic E-state index is 0.341. The van der Waals surface area contributed by atoms with E-state index in [1.807, 2.05) is 22.6 Å². The van der Waals surface area contributed by atoms with Crippen LogP contribution in [0.1, 0.15) is 20.7 Å². The molecule has 2 rings (SSSR count). The van der Waals surface area contributed by atoms with Gasteiger partial charge in [-0.3, -0.25) is 9.59 Å². The van der Waals surface area contributed by atoms with Gasteiger partial charge in [0.25, 0.3) is 5.91 Å². The quantitative estimate of drug-likeness (QED) is 0.568. The second-order valence-electron chi connectivity index (χ2n) is 4.55. The first-order valence-corrected chi connectivity index (χ1v) is 7.66. The highest BCUT2D eigenvalue weighted by Gasteiger charge is 2.13. The molecule has 23 heavy (non-hydrogen) atoms. The summed E-state index contributed by atoms with van der Waals surface area (Å²) in [7, 11) is 0. The molecule has 0 spiro atoms. The van der Waals surface area contributed by atoms with Gasteiger partial charge in [0.05, 0.1) is 5.56 Å². The smallest absolute Gasteiger partial charge is 0.339 e. The average molecular weight is 424 g/mol. The molecular weight excluding hydrogens is 411 g/mol. The van der Waals surface area contributed by atoms with E-state index in [0.717, 1.165) is 3.57 Å². The van der Waals surface area contributed by atoms with Crippen LogP contribution in [0.4, 0.5) is 5.69 Å². The second kappa shape index (κ2) is 7.73. The number of hydrogen-bond acceptors (Lipinski definition) is 4. The Labute approximate surface area is 146 Å². The highest BCUT2D eigenvalue weighted by Crippen LogP contribution is 2.13. The van der Waals surface area contributed by atoms with E-state index in [9.17, 15) is 14.4 Å². The molecule has 3 N–H and O–H groups in total. The molecule has 0 saturated carbocycles. The van der Waals surface area contributed by atoms with Gasteiger partial charge in [0, 0.05) is 14.8 Å². The number of nitrogens with one attached hydrogen (secondary N) is 1. The van der Waals surface area contributed by atoms with Crippen LogP contribution in [0.2, 0.25) is 0 Å². The van der Waals surface area contributed by atoms with Gasteiger partial charge in [0.1, 0.15) is 0 Å². The van der Waals surface area contributed by atoms with Crippen LogP contribution in [0.5, 0.6) is 0 Å². The Kier molecular flexibility index (Phi) is 5.69. The van der Waals surface area contributed by atoms with Crippen LogP contribution >= 0.6 is 22.6 Å². The standard InChI is InChI=1S/C16H13IN2O4/c17-13-4-2-1-3-12(13)16(22)23-9-14(20)19-11-7-5-10(6-8-11)15(18)21/h1-8H,9H2,(H2,18,21)(H,19,20). The molecule has 2 aromatic rings. The van der Waals surface area contributed by atoms with Crippen LogP contribution in [0, 0.1) is 3.57 Å². The summed E-state index contributed by atoms with van der Waals surface area (Å²) < 4.78 is 5.72. The Morgan fingerprint density at radius 3 is 2.30 bits per heavy atom. The molecule has 0 aliphatic carbocycles. The third-order valence-electron chi connectivity index (χ3n) is 2.88. The van der Waals surface area contributed by atoms with Crippen LogP contribution in [-0.4, -0.2) is 24.4 Å². The van der Waals surface area contributed by atoms with E-state index in [0.29, 0.717) is 16.8 Å². The number of carbonyl (C=O) groups is 3. The fourth-order valence-electron chi connectivity index (χ4n) is 1.75. The number of rotatable bonds is 5. The van der Waals surface area contributed by atoms with Crippen molar-refractivity contribution in [3.8, 4) is 0 Å². The van der Waals surface area contributed by atoms with Crippen molar-refractivity contribution in [3.05, 3.63) is 63.2 Å². The molecule has 7 heteroatoms. The van der Waals surface area contributed by atoms with Crippen molar-refractivity contribution in [2.75, 3.05) is 11.9 Å². The van der Waals surface area contributed by atoms with E-state index in [1.54, 1.807) is 36.4 Å². The van der Waals surface area contributed by atoms with Gasteiger partial charge in [-0.1, -0.05) is 12.1 Å². The maximum atomic E-state index is 11.9. The Bertz CT molecular complexity index is 744. The number of benzene rings is 2. The van der Waals surface area contributed by atoms with E-state index >= 15 is 0 Å². The van der Waals surface area contributed by atoms with Gasteiger partial charge >= 0.3 is 5.97 Å². The molecule has 0 atom stereocenters. The normalized spacial score (nSPS) is 9.96. The monoisotopic (exact) mass is 424 g/mol. The zero-order valence-corrected chi connectivity index (χ0v) is 14.1. The maximum Gasteiger partial charge on any atom is 0.339 e. The number of primary amides is 1. The third kappa shape index (κ3) is 4.78. The van der Waals surface area contributed by atoms with Crippen molar-refractivity contribution in [2.24, 2.45) is 5.73 Å². The molecule has 2 aromatic carbocycles. The summed E-state index contributed by atoms with van der Waals surface area (Å²) in [6, 6.07) is 13.0. The molecule has 6 nitrogen and oxygen atoms in total. The molecule has 0 unspecified atom stereocenters. The second-order valence-corrected chi connectivity index (χ2v) is 5.71. The summed E-state index contributed by atoms with van der Waals surface area (Å²) in [5.41, 5.74) is 6.36. The molecule has 0 bridgehead atoms. The fourth-order valence-corrected chi connectivity index (χ4v) is 2.36. The first-order valence-electron chi connectivity index (χ1n) is 6.59. The van der Waals surface area contributed by atoms with Crippen LogP contribution in [0.25, 0.3) is 0 Å². The predicted molar refractivity (Wildman–Crippen MR) is 93.0 cm³/mol. The lowest BCUT2D eigenvalue weighted by Gasteiger charge is -2.08. The zero-order valence-electron chi connectivity index (χ0n) is 11.9. The molecule has 118 valence electrons. The van der Waals surface area contributed by atoms with Gasteiger partial charge in [0.15, 0.2) is 6.61 Å². The molecule has 0 saturated heterocycles. The van der Waals surface area contributed by atoms with E-state index in [-0.39, 0.29) is 0 Å². The van der Waals surface area contributed by atoms with E-state index < -0.39 is 24.4 Å². The predicted octanol–water partition coefficient (Wildman–Crippen LogP) is 2.19. The summed E-state index contributed by atoms with van der Waals surface area (Å²) in [4.78, 5) is 34.6. The molecule has 0 radical (unpaired) electrons. The summed E-state index contributed by atoms with van der Waals surface area (Å²) in [6.07, 6.45) is 0. The SMILES string of the molecule is NC(=O)c1ccc(NC(=O)COC(=O)c2ccccc2I)cc1. The first kappa shape index (κ1) is 16.9. The molecule has 0 fully saturated rings. The van der Waals surface area contributed by atoms with Gasteiger partial charge in [-0.2, -0.15) is 0 Å². The van der Waals surface area contributed by atoms with Gasteiger partial charge in [-0.05, 0) is 59.0 Å². The number of hydrogen-bond donors (Lipinski definition) is 2. The highest BCUT2D eigenvalue weighted by atomic mass is 127. The summed E-state index contributed by atoms with van der Waals surface area (Å²) in [5.74, 6) is -1.58. The maximum absolute atomic E-state index is 11.9. The largest absolute Gasteiger partial charge is 0.452 e. The average Bonchev–Trinajstić information content (AvgIpc) is 2.53. The van der Waals surface area contributed by atoms with Crippen LogP contribution in [-0.2, 0) is 9.53 Å². The number of carbonyl (C=O) groups excluding carboxylic acids is 3. The van der Waals surface area contributed by atoms with Gasteiger partial charge in [-0.25, -0.2) is 4.79 Å². The lowest BCUT2D eigenvalue weighted by atomic mass is 10.2. The molecule has 0 heterocycles. The number of anilines is 1.